The Morgan fingerprint density at radius 1 is 1.39 bits per heavy atom. The normalized spacial score (nSPS) is 14.1. The number of nitrogens with zero attached hydrogens (tertiary/aromatic N) is 1. The summed E-state index contributed by atoms with van der Waals surface area (Å²) in [6, 6.07) is 5.70. The summed E-state index contributed by atoms with van der Waals surface area (Å²) in [7, 11) is -3.54. The fraction of sp³-hybridized carbons (Fsp3) is 0.455. The first kappa shape index (κ1) is 14.8. The predicted molar refractivity (Wildman–Crippen MR) is 67.5 cm³/mol. The van der Waals surface area contributed by atoms with Gasteiger partial charge in [-0.1, -0.05) is 13.3 Å². The molecule has 0 aliphatic rings. The van der Waals surface area contributed by atoms with Gasteiger partial charge in [0.05, 0.1) is 11.5 Å². The molecule has 1 aromatic carbocycles. The third-order valence-corrected chi connectivity index (χ3v) is 3.79. The van der Waals surface area contributed by atoms with Crippen LogP contribution in [0.2, 0.25) is 0 Å². The summed E-state index contributed by atoms with van der Waals surface area (Å²) in [5.41, 5.74) is 0.614. The molecule has 6 nitrogen and oxygen atoms in total. The second kappa shape index (κ2) is 6.64. The zero-order valence-electron chi connectivity index (χ0n) is 10.1. The highest BCUT2D eigenvalue weighted by Crippen LogP contribution is 2.43. The molecule has 1 atom stereocenters. The van der Waals surface area contributed by atoms with Crippen molar-refractivity contribution in [3.8, 4) is 0 Å². The standard InChI is InChI=1S/C11H16NO5P/c1-2-3-8-18(15,16)17-9-10-4-6-11(7-5-10)12(13)14/h4-7H,2-3,8-9H2,1H3,(H,15,16). The Balaban J connectivity index is 2.53. The van der Waals surface area contributed by atoms with E-state index in [0.29, 0.717) is 12.0 Å². The van der Waals surface area contributed by atoms with E-state index in [1.54, 1.807) is 0 Å². The molecule has 0 radical (unpaired) electrons. The third-order valence-electron chi connectivity index (χ3n) is 2.37. The largest absolute Gasteiger partial charge is 0.328 e. The lowest BCUT2D eigenvalue weighted by Crippen LogP contribution is -1.96. The van der Waals surface area contributed by atoms with Crippen LogP contribution in [0.15, 0.2) is 24.3 Å². The van der Waals surface area contributed by atoms with Crippen LogP contribution in [-0.2, 0) is 15.7 Å². The third kappa shape index (κ3) is 4.96. The Kier molecular flexibility index (Phi) is 5.47. The van der Waals surface area contributed by atoms with Gasteiger partial charge in [0.2, 0.25) is 0 Å². The van der Waals surface area contributed by atoms with E-state index in [9.17, 15) is 19.6 Å². The fourth-order valence-corrected chi connectivity index (χ4v) is 2.51. The highest BCUT2D eigenvalue weighted by molar-refractivity contribution is 7.52. The molecule has 0 bridgehead atoms. The Morgan fingerprint density at radius 3 is 2.50 bits per heavy atom. The van der Waals surface area contributed by atoms with Crippen molar-refractivity contribution in [3.63, 3.8) is 0 Å². The van der Waals surface area contributed by atoms with E-state index in [2.05, 4.69) is 0 Å². The average Bonchev–Trinajstić information content (AvgIpc) is 2.35. The Hall–Kier alpha value is -1.23. The molecule has 0 aromatic heterocycles. The van der Waals surface area contributed by atoms with E-state index < -0.39 is 12.5 Å². The molecular formula is C11H16NO5P. The molecular weight excluding hydrogens is 257 g/mol. The molecule has 1 unspecified atom stereocenters. The molecule has 0 saturated carbocycles. The van der Waals surface area contributed by atoms with Crippen LogP contribution in [-0.4, -0.2) is 16.0 Å². The number of benzene rings is 1. The molecule has 0 amide bonds. The summed E-state index contributed by atoms with van der Waals surface area (Å²) in [6.07, 6.45) is 1.59. The number of hydrogen-bond acceptors (Lipinski definition) is 4. The van der Waals surface area contributed by atoms with Crippen LogP contribution in [0.1, 0.15) is 25.3 Å². The SMILES string of the molecule is CCCCP(=O)(O)OCc1ccc([N+](=O)[O-])cc1. The molecule has 100 valence electrons. The van der Waals surface area contributed by atoms with E-state index in [1.807, 2.05) is 6.92 Å². The lowest BCUT2D eigenvalue weighted by Gasteiger charge is -2.11. The van der Waals surface area contributed by atoms with Crippen LogP contribution >= 0.6 is 7.60 Å². The van der Waals surface area contributed by atoms with Crippen LogP contribution in [0.5, 0.6) is 0 Å². The smallest absolute Gasteiger partial charge is 0.324 e. The summed E-state index contributed by atoms with van der Waals surface area (Å²) < 4.78 is 16.5. The van der Waals surface area contributed by atoms with Crippen LogP contribution in [0.25, 0.3) is 0 Å². The molecule has 0 heterocycles. The fourth-order valence-electron chi connectivity index (χ4n) is 1.31. The lowest BCUT2D eigenvalue weighted by molar-refractivity contribution is -0.384. The van der Waals surface area contributed by atoms with Crippen LogP contribution in [0.3, 0.4) is 0 Å². The van der Waals surface area contributed by atoms with Crippen molar-refractivity contribution in [3.05, 3.63) is 39.9 Å². The van der Waals surface area contributed by atoms with Gasteiger partial charge in [-0.15, -0.1) is 0 Å². The van der Waals surface area contributed by atoms with E-state index in [4.69, 9.17) is 4.52 Å². The van der Waals surface area contributed by atoms with Crippen molar-refractivity contribution in [1.29, 1.82) is 0 Å². The molecule has 0 saturated heterocycles. The minimum absolute atomic E-state index is 0.0167. The second-order valence-electron chi connectivity index (χ2n) is 3.91. The van der Waals surface area contributed by atoms with Gasteiger partial charge in [-0.05, 0) is 24.1 Å². The second-order valence-corrected chi connectivity index (χ2v) is 5.89. The van der Waals surface area contributed by atoms with Crippen molar-refractivity contribution >= 4 is 13.3 Å². The number of non-ortho nitro benzene ring substituents is 1. The van der Waals surface area contributed by atoms with Gasteiger partial charge in [0.25, 0.3) is 5.69 Å². The van der Waals surface area contributed by atoms with Crippen molar-refractivity contribution in [1.82, 2.24) is 0 Å². The molecule has 0 aliphatic heterocycles. The van der Waals surface area contributed by atoms with E-state index in [-0.39, 0.29) is 18.5 Å². The molecule has 0 aliphatic carbocycles. The number of rotatable bonds is 7. The summed E-state index contributed by atoms with van der Waals surface area (Å²) in [4.78, 5) is 19.4. The van der Waals surface area contributed by atoms with Crippen molar-refractivity contribution in [2.45, 2.75) is 26.4 Å². The minimum Gasteiger partial charge on any atom is -0.324 e. The molecule has 18 heavy (non-hydrogen) atoms. The lowest BCUT2D eigenvalue weighted by atomic mass is 10.2. The molecule has 1 aromatic rings. The van der Waals surface area contributed by atoms with E-state index >= 15 is 0 Å². The highest BCUT2D eigenvalue weighted by Gasteiger charge is 2.18. The van der Waals surface area contributed by atoms with Crippen LogP contribution < -0.4 is 0 Å². The maximum atomic E-state index is 11.5. The van der Waals surface area contributed by atoms with Crippen molar-refractivity contribution in [2.24, 2.45) is 0 Å². The van der Waals surface area contributed by atoms with Crippen LogP contribution in [0.4, 0.5) is 5.69 Å². The van der Waals surface area contributed by atoms with Gasteiger partial charge in [0.1, 0.15) is 0 Å². The zero-order chi connectivity index (χ0) is 13.6. The molecule has 1 rings (SSSR count). The first-order chi connectivity index (χ1) is 8.44. The maximum Gasteiger partial charge on any atom is 0.328 e. The van der Waals surface area contributed by atoms with E-state index in [0.717, 1.165) is 6.42 Å². The Bertz CT molecular complexity index is 445. The van der Waals surface area contributed by atoms with Gasteiger partial charge in [0.15, 0.2) is 0 Å². The Morgan fingerprint density at radius 2 is 2.00 bits per heavy atom. The minimum atomic E-state index is -3.54. The molecule has 0 spiro atoms. The summed E-state index contributed by atoms with van der Waals surface area (Å²) in [5.74, 6) is 0. The van der Waals surface area contributed by atoms with Gasteiger partial charge >= 0.3 is 7.60 Å². The van der Waals surface area contributed by atoms with Gasteiger partial charge < -0.3 is 9.42 Å². The molecule has 0 fully saturated rings. The summed E-state index contributed by atoms with van der Waals surface area (Å²) in [6.45, 7) is 1.91. The van der Waals surface area contributed by atoms with Gasteiger partial charge in [-0.3, -0.25) is 14.7 Å². The molecule has 7 heteroatoms. The van der Waals surface area contributed by atoms with E-state index in [1.165, 1.54) is 24.3 Å². The zero-order valence-corrected chi connectivity index (χ0v) is 11.0. The topological polar surface area (TPSA) is 89.7 Å². The highest BCUT2D eigenvalue weighted by atomic mass is 31.2. The molecule has 1 N–H and O–H groups in total. The van der Waals surface area contributed by atoms with Gasteiger partial charge in [-0.25, -0.2) is 0 Å². The van der Waals surface area contributed by atoms with Gasteiger partial charge in [0, 0.05) is 18.3 Å². The summed E-state index contributed by atoms with van der Waals surface area (Å²) in [5, 5.41) is 10.4. The average molecular weight is 273 g/mol. The van der Waals surface area contributed by atoms with Crippen molar-refractivity contribution < 1.29 is 18.9 Å². The van der Waals surface area contributed by atoms with Gasteiger partial charge in [-0.2, -0.15) is 0 Å². The number of unbranched alkanes of at least 4 members (excludes halogenated alkanes) is 1. The van der Waals surface area contributed by atoms with Crippen molar-refractivity contribution in [2.75, 3.05) is 6.16 Å². The predicted octanol–water partition coefficient (Wildman–Crippen LogP) is 3.10. The van der Waals surface area contributed by atoms with Crippen LogP contribution in [0, 0.1) is 10.1 Å². The summed E-state index contributed by atoms with van der Waals surface area (Å²) >= 11 is 0. The first-order valence-corrected chi connectivity index (χ1v) is 7.40. The number of nitro benzene ring substituents is 1. The first-order valence-electron chi connectivity index (χ1n) is 5.64. The number of nitro groups is 1. The quantitative estimate of drug-likeness (QED) is 0.468. The Labute approximate surface area is 105 Å². The maximum absolute atomic E-state index is 11.5. The number of hydrogen-bond donors (Lipinski definition) is 1. The monoisotopic (exact) mass is 273 g/mol.